The standard InChI is InChI=1S/C19H25F3/c20-19(21,22)17-11-9-16(10-12-17)18(13-5-2-6-14-18)15-7-3-1-4-8-15/h1,3,7,11,16H,2,4-6,8-10,12-14H2/t16-/m1/s1. The van der Waals surface area contributed by atoms with Gasteiger partial charge >= 0.3 is 6.18 Å². The van der Waals surface area contributed by atoms with E-state index in [1.54, 1.807) is 0 Å². The van der Waals surface area contributed by atoms with Crippen molar-refractivity contribution >= 4 is 0 Å². The zero-order valence-electron chi connectivity index (χ0n) is 13.1. The van der Waals surface area contributed by atoms with Crippen molar-refractivity contribution in [2.75, 3.05) is 0 Å². The Morgan fingerprint density at radius 2 is 1.82 bits per heavy atom. The van der Waals surface area contributed by atoms with Gasteiger partial charge in [0.2, 0.25) is 0 Å². The molecule has 0 spiro atoms. The molecule has 0 bridgehead atoms. The van der Waals surface area contributed by atoms with Gasteiger partial charge in [-0.1, -0.05) is 49.1 Å². The van der Waals surface area contributed by atoms with E-state index in [9.17, 15) is 13.2 Å². The van der Waals surface area contributed by atoms with Gasteiger partial charge in [0.05, 0.1) is 0 Å². The molecule has 0 amide bonds. The van der Waals surface area contributed by atoms with E-state index in [0.29, 0.717) is 18.8 Å². The van der Waals surface area contributed by atoms with Crippen molar-refractivity contribution in [3.63, 3.8) is 0 Å². The van der Waals surface area contributed by atoms with Crippen molar-refractivity contribution in [1.29, 1.82) is 0 Å². The predicted octanol–water partition coefficient (Wildman–Crippen LogP) is 6.50. The molecule has 0 nitrogen and oxygen atoms in total. The minimum absolute atomic E-state index is 0.177. The number of hydrogen-bond acceptors (Lipinski definition) is 0. The van der Waals surface area contributed by atoms with E-state index in [1.165, 1.54) is 43.8 Å². The third kappa shape index (κ3) is 3.04. The number of rotatable bonds is 2. The topological polar surface area (TPSA) is 0 Å². The summed E-state index contributed by atoms with van der Waals surface area (Å²) in [5.41, 5.74) is 1.40. The van der Waals surface area contributed by atoms with Crippen LogP contribution in [0.4, 0.5) is 13.2 Å². The molecule has 0 N–H and O–H groups in total. The third-order valence-corrected chi connectivity index (χ3v) is 5.96. The number of allylic oxidation sites excluding steroid dienone is 6. The van der Waals surface area contributed by atoms with Crippen LogP contribution in [-0.2, 0) is 0 Å². The quantitative estimate of drug-likeness (QED) is 0.510. The van der Waals surface area contributed by atoms with Gasteiger partial charge in [-0.25, -0.2) is 0 Å². The Labute approximate surface area is 131 Å². The lowest BCUT2D eigenvalue weighted by Crippen LogP contribution is -2.37. The van der Waals surface area contributed by atoms with Crippen LogP contribution in [0.1, 0.15) is 64.2 Å². The van der Waals surface area contributed by atoms with Gasteiger partial charge in [-0.2, -0.15) is 13.2 Å². The Morgan fingerprint density at radius 3 is 2.36 bits per heavy atom. The van der Waals surface area contributed by atoms with Crippen LogP contribution in [0.3, 0.4) is 0 Å². The SMILES string of the molecule is FC(F)(F)C1=CC[C@@H](C2(C3=CC=CCC3)CCCCC2)CC1. The number of alkyl halides is 3. The maximum Gasteiger partial charge on any atom is 0.412 e. The zero-order valence-corrected chi connectivity index (χ0v) is 13.1. The summed E-state index contributed by atoms with van der Waals surface area (Å²) in [7, 11) is 0. The lowest BCUT2D eigenvalue weighted by molar-refractivity contribution is -0.0965. The van der Waals surface area contributed by atoms with Gasteiger partial charge in [-0.3, -0.25) is 0 Å². The molecule has 1 atom stereocenters. The monoisotopic (exact) mass is 310 g/mol. The molecule has 0 unspecified atom stereocenters. The lowest BCUT2D eigenvalue weighted by Gasteiger charge is -2.47. The average Bonchev–Trinajstić information content (AvgIpc) is 2.56. The average molecular weight is 310 g/mol. The van der Waals surface area contributed by atoms with E-state index in [4.69, 9.17) is 0 Å². The number of hydrogen-bond donors (Lipinski definition) is 0. The van der Waals surface area contributed by atoms with Crippen molar-refractivity contribution < 1.29 is 13.2 Å². The molecule has 0 aromatic heterocycles. The molecule has 0 saturated heterocycles. The molecule has 1 saturated carbocycles. The summed E-state index contributed by atoms with van der Waals surface area (Å²) >= 11 is 0. The molecule has 22 heavy (non-hydrogen) atoms. The summed E-state index contributed by atoms with van der Waals surface area (Å²) in [5.74, 6) is 0.400. The van der Waals surface area contributed by atoms with Crippen LogP contribution >= 0.6 is 0 Å². The number of halogens is 3. The second-order valence-corrected chi connectivity index (χ2v) is 7.07. The largest absolute Gasteiger partial charge is 0.412 e. The molecule has 0 heterocycles. The Bertz CT molecular complexity index is 487. The Morgan fingerprint density at radius 1 is 1.05 bits per heavy atom. The Balaban J connectivity index is 1.84. The van der Waals surface area contributed by atoms with E-state index < -0.39 is 6.18 Å². The second-order valence-electron chi connectivity index (χ2n) is 7.07. The molecule has 1 fully saturated rings. The molecular weight excluding hydrogens is 285 g/mol. The van der Waals surface area contributed by atoms with Crippen molar-refractivity contribution in [2.45, 2.75) is 70.4 Å². The molecular formula is C19H25F3. The summed E-state index contributed by atoms with van der Waals surface area (Å²) < 4.78 is 38.6. The van der Waals surface area contributed by atoms with Gasteiger partial charge in [-0.15, -0.1) is 0 Å². The Kier molecular flexibility index (Phi) is 4.52. The highest BCUT2D eigenvalue weighted by Gasteiger charge is 2.44. The first-order valence-electron chi connectivity index (χ1n) is 8.65. The molecule has 122 valence electrons. The summed E-state index contributed by atoms with van der Waals surface area (Å²) in [6.45, 7) is 0. The molecule has 0 radical (unpaired) electrons. The molecule has 3 rings (SSSR count). The van der Waals surface area contributed by atoms with Crippen LogP contribution in [0, 0.1) is 11.3 Å². The third-order valence-electron chi connectivity index (χ3n) is 5.96. The highest BCUT2D eigenvalue weighted by Crippen LogP contribution is 2.54. The normalized spacial score (nSPS) is 29.0. The van der Waals surface area contributed by atoms with Crippen LogP contribution in [-0.4, -0.2) is 6.18 Å². The van der Waals surface area contributed by atoms with Crippen molar-refractivity contribution in [1.82, 2.24) is 0 Å². The molecule has 0 aliphatic heterocycles. The van der Waals surface area contributed by atoms with Crippen molar-refractivity contribution in [3.8, 4) is 0 Å². The highest BCUT2D eigenvalue weighted by atomic mass is 19.4. The lowest BCUT2D eigenvalue weighted by atomic mass is 9.57. The van der Waals surface area contributed by atoms with Gasteiger partial charge in [0.15, 0.2) is 0 Å². The van der Waals surface area contributed by atoms with Gasteiger partial charge in [0.1, 0.15) is 0 Å². The van der Waals surface area contributed by atoms with Gasteiger partial charge in [0.25, 0.3) is 0 Å². The summed E-state index contributed by atoms with van der Waals surface area (Å²) in [4.78, 5) is 0. The van der Waals surface area contributed by atoms with Crippen LogP contribution in [0.2, 0.25) is 0 Å². The van der Waals surface area contributed by atoms with Gasteiger partial charge in [-0.05, 0) is 56.3 Å². The van der Waals surface area contributed by atoms with Crippen LogP contribution < -0.4 is 0 Å². The molecule has 3 heteroatoms. The van der Waals surface area contributed by atoms with Crippen LogP contribution in [0.25, 0.3) is 0 Å². The second kappa shape index (κ2) is 6.25. The van der Waals surface area contributed by atoms with Gasteiger partial charge < -0.3 is 0 Å². The first kappa shape index (κ1) is 15.9. The summed E-state index contributed by atoms with van der Waals surface area (Å²) in [6.07, 6.45) is 13.8. The minimum Gasteiger partial charge on any atom is -0.166 e. The fraction of sp³-hybridized carbons (Fsp3) is 0.684. The van der Waals surface area contributed by atoms with Crippen LogP contribution in [0.15, 0.2) is 35.5 Å². The summed E-state index contributed by atoms with van der Waals surface area (Å²) in [5, 5.41) is 0. The molecule has 3 aliphatic carbocycles. The zero-order chi connectivity index (χ0) is 15.6. The van der Waals surface area contributed by atoms with E-state index in [-0.39, 0.29) is 17.4 Å². The molecule has 0 aromatic carbocycles. The van der Waals surface area contributed by atoms with Crippen molar-refractivity contribution in [3.05, 3.63) is 35.5 Å². The maximum absolute atomic E-state index is 12.9. The molecule has 0 aromatic rings. The first-order valence-corrected chi connectivity index (χ1v) is 8.65. The smallest absolute Gasteiger partial charge is 0.166 e. The fourth-order valence-electron chi connectivity index (χ4n) is 4.79. The van der Waals surface area contributed by atoms with Gasteiger partial charge in [0, 0.05) is 5.57 Å². The maximum atomic E-state index is 12.9. The highest BCUT2D eigenvalue weighted by molar-refractivity contribution is 5.27. The summed E-state index contributed by atoms with van der Waals surface area (Å²) in [6, 6.07) is 0. The Hall–Kier alpha value is -0.990. The van der Waals surface area contributed by atoms with Crippen LogP contribution in [0.5, 0.6) is 0 Å². The van der Waals surface area contributed by atoms with E-state index in [2.05, 4.69) is 18.2 Å². The molecule has 3 aliphatic rings. The van der Waals surface area contributed by atoms with E-state index in [1.807, 2.05) is 0 Å². The van der Waals surface area contributed by atoms with E-state index >= 15 is 0 Å². The van der Waals surface area contributed by atoms with E-state index in [0.717, 1.165) is 12.8 Å². The predicted molar refractivity (Wildman–Crippen MR) is 83.5 cm³/mol. The first-order chi connectivity index (χ1) is 10.5. The minimum atomic E-state index is -4.13. The van der Waals surface area contributed by atoms with Crippen molar-refractivity contribution in [2.24, 2.45) is 11.3 Å². The fourth-order valence-corrected chi connectivity index (χ4v) is 4.79.